The number of carbonyl (C=O) groups is 2. The first-order valence-corrected chi connectivity index (χ1v) is 10.2. The van der Waals surface area contributed by atoms with Crippen LogP contribution in [-0.4, -0.2) is 30.9 Å². The van der Waals surface area contributed by atoms with E-state index in [0.717, 1.165) is 49.2 Å². The Bertz CT molecular complexity index is 892. The van der Waals surface area contributed by atoms with Crippen molar-refractivity contribution in [3.05, 3.63) is 65.7 Å². The summed E-state index contributed by atoms with van der Waals surface area (Å²) in [5.41, 5.74) is 1.19. The molecule has 29 heavy (non-hydrogen) atoms. The van der Waals surface area contributed by atoms with Crippen LogP contribution in [0.5, 0.6) is 0 Å². The maximum Gasteiger partial charge on any atom is 0.292 e. The molecule has 2 aliphatic heterocycles. The van der Waals surface area contributed by atoms with E-state index in [4.69, 9.17) is 0 Å². The first-order valence-electron chi connectivity index (χ1n) is 10.2. The summed E-state index contributed by atoms with van der Waals surface area (Å²) in [6.45, 7) is 1.67. The highest BCUT2D eigenvalue weighted by molar-refractivity contribution is 6.21. The van der Waals surface area contributed by atoms with Crippen molar-refractivity contribution < 1.29 is 23.3 Å². The van der Waals surface area contributed by atoms with Crippen molar-refractivity contribution in [1.29, 1.82) is 0 Å². The Hall–Kier alpha value is -2.60. The number of halogens is 2. The van der Waals surface area contributed by atoms with Gasteiger partial charge in [-0.15, -0.1) is 0 Å². The number of amides is 2. The molecule has 6 heteroatoms. The Labute approximate surface area is 169 Å². The quantitative estimate of drug-likeness (QED) is 0.785. The Morgan fingerprint density at radius 3 is 2.34 bits per heavy atom. The summed E-state index contributed by atoms with van der Waals surface area (Å²) < 4.78 is 26.9. The number of quaternary nitrogens is 1. The lowest BCUT2D eigenvalue weighted by Gasteiger charge is -2.32. The number of hydrogen-bond acceptors (Lipinski definition) is 2. The molecule has 4 rings (SSSR count). The second-order valence-electron chi connectivity index (χ2n) is 8.03. The third kappa shape index (κ3) is 4.22. The molecule has 0 spiro atoms. The molecule has 2 heterocycles. The normalized spacial score (nSPS) is 24.9. The molecule has 2 aromatic carbocycles. The molecule has 2 saturated heterocycles. The number of aryl methyl sites for hydroxylation is 1. The lowest BCUT2D eigenvalue weighted by atomic mass is 9.89. The van der Waals surface area contributed by atoms with E-state index < -0.39 is 5.82 Å². The Balaban J connectivity index is 1.33. The molecular weight excluding hydrogens is 374 g/mol. The lowest BCUT2D eigenvalue weighted by molar-refractivity contribution is -0.920. The van der Waals surface area contributed by atoms with Crippen molar-refractivity contribution in [2.45, 2.75) is 38.1 Å². The van der Waals surface area contributed by atoms with Crippen LogP contribution >= 0.6 is 0 Å². The number of hydrogen-bond donors (Lipinski definition) is 1. The Morgan fingerprint density at radius 2 is 1.66 bits per heavy atom. The van der Waals surface area contributed by atoms with Gasteiger partial charge in [0.25, 0.3) is 5.91 Å². The molecule has 1 atom stereocenters. The predicted molar refractivity (Wildman–Crippen MR) is 105 cm³/mol. The molecule has 0 saturated carbocycles. The van der Waals surface area contributed by atoms with Crippen molar-refractivity contribution in [2.75, 3.05) is 18.0 Å². The molecule has 2 aliphatic rings. The van der Waals surface area contributed by atoms with Crippen molar-refractivity contribution in [3.8, 4) is 0 Å². The van der Waals surface area contributed by atoms with Gasteiger partial charge in [-0.2, -0.15) is 0 Å². The largest absolute Gasteiger partial charge is 0.324 e. The first-order chi connectivity index (χ1) is 14.0. The number of imide groups is 1. The van der Waals surface area contributed by atoms with Gasteiger partial charge in [-0.25, -0.2) is 13.7 Å². The number of anilines is 1. The summed E-state index contributed by atoms with van der Waals surface area (Å²) in [5, 5.41) is 0. The molecule has 2 aromatic rings. The fourth-order valence-corrected chi connectivity index (χ4v) is 4.56. The molecule has 0 aliphatic carbocycles. The molecular formula is C23H25F2N2O2+. The molecule has 2 amide bonds. The summed E-state index contributed by atoms with van der Waals surface area (Å²) in [4.78, 5) is 27.7. The fraction of sp³-hybridized carbons (Fsp3) is 0.391. The van der Waals surface area contributed by atoms with Gasteiger partial charge in [0.2, 0.25) is 5.91 Å². The predicted octanol–water partition coefficient (Wildman–Crippen LogP) is 2.52. The smallest absolute Gasteiger partial charge is 0.292 e. The van der Waals surface area contributed by atoms with Gasteiger partial charge >= 0.3 is 0 Å². The monoisotopic (exact) mass is 399 g/mol. The number of piperidine rings is 1. The molecule has 0 aromatic heterocycles. The third-order valence-corrected chi connectivity index (χ3v) is 6.25. The van der Waals surface area contributed by atoms with E-state index in [2.05, 4.69) is 0 Å². The number of likely N-dealkylation sites (tertiary alicyclic amines) is 1. The summed E-state index contributed by atoms with van der Waals surface area (Å²) >= 11 is 0. The van der Waals surface area contributed by atoms with Crippen molar-refractivity contribution in [1.82, 2.24) is 0 Å². The minimum absolute atomic E-state index is 0.147. The molecule has 0 unspecified atom stereocenters. The van der Waals surface area contributed by atoms with Crippen LogP contribution in [0.1, 0.15) is 31.2 Å². The van der Waals surface area contributed by atoms with Crippen LogP contribution in [0.15, 0.2) is 48.5 Å². The molecule has 0 bridgehead atoms. The van der Waals surface area contributed by atoms with Crippen LogP contribution in [0, 0.1) is 17.6 Å². The second-order valence-corrected chi connectivity index (χ2v) is 8.03. The summed E-state index contributed by atoms with van der Waals surface area (Å²) in [6.07, 6.45) is 3.81. The summed E-state index contributed by atoms with van der Waals surface area (Å²) in [5.74, 6) is -0.444. The van der Waals surface area contributed by atoms with Gasteiger partial charge in [-0.05, 0) is 67.5 Å². The SMILES string of the molecule is O=C1C[C@@H]([NH+]2CCC(CCc3ccccc3F)CC2)C(=O)N1c1ccc(F)cc1. The zero-order valence-corrected chi connectivity index (χ0v) is 16.2. The standard InChI is InChI=1S/C23H24F2N2O2/c24-18-7-9-19(10-8-18)27-22(28)15-21(23(27)29)26-13-11-16(12-14-26)5-6-17-3-1-2-4-20(17)25/h1-4,7-10,16,21H,5-6,11-15H2/p+1/t21-/m1/s1. The first kappa shape index (κ1) is 19.7. The van der Waals surface area contributed by atoms with E-state index in [1.54, 1.807) is 6.07 Å². The van der Waals surface area contributed by atoms with E-state index in [0.29, 0.717) is 11.6 Å². The number of carbonyl (C=O) groups excluding carboxylic acids is 2. The van der Waals surface area contributed by atoms with E-state index in [9.17, 15) is 18.4 Å². The Kier molecular flexibility index (Phi) is 5.72. The van der Waals surface area contributed by atoms with Crippen molar-refractivity contribution in [3.63, 3.8) is 0 Å². The number of benzene rings is 2. The van der Waals surface area contributed by atoms with Crippen LogP contribution in [0.3, 0.4) is 0 Å². The number of rotatable bonds is 5. The van der Waals surface area contributed by atoms with Crippen molar-refractivity contribution >= 4 is 17.5 Å². The highest BCUT2D eigenvalue weighted by Crippen LogP contribution is 2.24. The van der Waals surface area contributed by atoms with Crippen molar-refractivity contribution in [2.24, 2.45) is 5.92 Å². The van der Waals surface area contributed by atoms with Crippen LogP contribution in [0.2, 0.25) is 0 Å². The topological polar surface area (TPSA) is 41.8 Å². The van der Waals surface area contributed by atoms with Crippen LogP contribution in [-0.2, 0) is 16.0 Å². The van der Waals surface area contributed by atoms with E-state index in [1.807, 2.05) is 12.1 Å². The zero-order valence-electron chi connectivity index (χ0n) is 16.2. The third-order valence-electron chi connectivity index (χ3n) is 6.25. The van der Waals surface area contributed by atoms with Crippen LogP contribution in [0.4, 0.5) is 14.5 Å². The fourth-order valence-electron chi connectivity index (χ4n) is 4.56. The molecule has 4 nitrogen and oxygen atoms in total. The average Bonchev–Trinajstić information content (AvgIpc) is 3.03. The van der Waals surface area contributed by atoms with Gasteiger partial charge in [0, 0.05) is 0 Å². The highest BCUT2D eigenvalue weighted by atomic mass is 19.1. The number of nitrogens with zero attached hydrogens (tertiary/aromatic N) is 1. The average molecular weight is 399 g/mol. The van der Waals surface area contributed by atoms with Gasteiger partial charge in [0.05, 0.1) is 25.2 Å². The van der Waals surface area contributed by atoms with Gasteiger partial charge in [-0.1, -0.05) is 18.2 Å². The van der Waals surface area contributed by atoms with E-state index in [1.165, 1.54) is 35.2 Å². The molecule has 1 N–H and O–H groups in total. The van der Waals surface area contributed by atoms with Gasteiger partial charge in [0.15, 0.2) is 6.04 Å². The minimum Gasteiger partial charge on any atom is -0.324 e. The van der Waals surface area contributed by atoms with E-state index in [-0.39, 0.29) is 30.1 Å². The maximum absolute atomic E-state index is 13.8. The van der Waals surface area contributed by atoms with E-state index >= 15 is 0 Å². The van der Waals surface area contributed by atoms with Crippen LogP contribution in [0.25, 0.3) is 0 Å². The zero-order chi connectivity index (χ0) is 20.4. The van der Waals surface area contributed by atoms with Gasteiger partial charge < -0.3 is 4.90 Å². The Morgan fingerprint density at radius 1 is 0.966 bits per heavy atom. The minimum atomic E-state index is -0.396. The van der Waals surface area contributed by atoms with Gasteiger partial charge in [-0.3, -0.25) is 9.59 Å². The second kappa shape index (κ2) is 8.41. The lowest BCUT2D eigenvalue weighted by Crippen LogP contribution is -3.17. The van der Waals surface area contributed by atoms with Gasteiger partial charge in [0.1, 0.15) is 11.6 Å². The molecule has 0 radical (unpaired) electrons. The molecule has 2 fully saturated rings. The maximum atomic E-state index is 13.8. The highest BCUT2D eigenvalue weighted by Gasteiger charge is 2.46. The van der Waals surface area contributed by atoms with Crippen LogP contribution < -0.4 is 9.80 Å². The molecule has 152 valence electrons. The summed E-state index contributed by atoms with van der Waals surface area (Å²) in [6, 6.07) is 12.0. The summed E-state index contributed by atoms with van der Waals surface area (Å²) in [7, 11) is 0. The number of nitrogens with one attached hydrogen (secondary N) is 1.